The number of para-hydroxylation sites is 1. The minimum Gasteiger partial charge on any atom is -0.390 e. The number of ether oxygens (including phenoxy) is 2. The molecule has 1 aliphatic heterocycles. The Labute approximate surface area is 241 Å². The second-order valence-corrected chi connectivity index (χ2v) is 13.9. The van der Waals surface area contributed by atoms with Crippen LogP contribution in [-0.4, -0.2) is 64.6 Å². The zero-order chi connectivity index (χ0) is 32.3. The normalized spacial score (nSPS) is 22.7. The molecule has 1 fully saturated rings. The van der Waals surface area contributed by atoms with Crippen LogP contribution in [0.2, 0.25) is 0 Å². The van der Waals surface area contributed by atoms with Crippen molar-refractivity contribution in [2.75, 3.05) is 13.2 Å². The van der Waals surface area contributed by atoms with Crippen LogP contribution in [-0.2, 0) is 36.3 Å². The zero-order valence-corrected chi connectivity index (χ0v) is 24.9. The number of aromatic nitrogens is 2. The van der Waals surface area contributed by atoms with E-state index in [0.717, 1.165) is 10.8 Å². The number of aliphatic hydroxyl groups excluding tert-OH is 1. The number of nitro benzene ring substituents is 1. The summed E-state index contributed by atoms with van der Waals surface area (Å²) in [5.74, 6) is -0.0566. The van der Waals surface area contributed by atoms with Crippen molar-refractivity contribution in [3.05, 3.63) is 72.5 Å². The Bertz CT molecular complexity index is 1590. The molecule has 0 bridgehead atoms. The molecule has 23 heteroatoms. The Hall–Kier alpha value is -2.41. The van der Waals surface area contributed by atoms with E-state index >= 15 is 0 Å². The fourth-order valence-electron chi connectivity index (χ4n) is 3.92. The van der Waals surface area contributed by atoms with Crippen LogP contribution in [0.5, 0.6) is 0 Å². The fourth-order valence-corrected chi connectivity index (χ4v) is 6.95. The van der Waals surface area contributed by atoms with Crippen LogP contribution in [0.15, 0.2) is 40.1 Å². The Morgan fingerprint density at radius 1 is 1.09 bits per heavy atom. The molecule has 240 valence electrons. The Balaban J connectivity index is 1.87. The summed E-state index contributed by atoms with van der Waals surface area (Å²) in [5, 5.41) is 22.1. The number of rotatable bonds is 14. The summed E-state index contributed by atoms with van der Waals surface area (Å²) >= 11 is 0. The quantitative estimate of drug-likeness (QED) is 0.0931. The highest BCUT2D eigenvalue weighted by Crippen LogP contribution is 2.66. The van der Waals surface area contributed by atoms with Crippen molar-refractivity contribution in [2.24, 2.45) is 5.92 Å². The largest absolute Gasteiger partial charge is 0.490 e. The Morgan fingerprint density at radius 3 is 2.35 bits per heavy atom. The van der Waals surface area contributed by atoms with Crippen molar-refractivity contribution < 1.29 is 65.9 Å². The monoisotopic (exact) mass is 675 g/mol. The molecule has 1 aromatic carbocycles. The minimum absolute atomic E-state index is 0.0186. The summed E-state index contributed by atoms with van der Waals surface area (Å²) in [6.45, 7) is 2.68. The smallest absolute Gasteiger partial charge is 0.390 e. The number of phosphoric acid groups is 3. The molecule has 1 saturated heterocycles. The fraction of sp³-hybridized carbons (Fsp3) is 0.500. The van der Waals surface area contributed by atoms with Gasteiger partial charge in [-0.3, -0.25) is 29.0 Å². The number of nitro groups is 1. The van der Waals surface area contributed by atoms with Gasteiger partial charge in [0.05, 0.1) is 35.4 Å². The van der Waals surface area contributed by atoms with E-state index in [1.807, 2.05) is 0 Å². The molecule has 0 saturated carbocycles. The van der Waals surface area contributed by atoms with Gasteiger partial charge in [0.15, 0.2) is 0 Å². The van der Waals surface area contributed by atoms with Crippen LogP contribution in [0.1, 0.15) is 43.7 Å². The van der Waals surface area contributed by atoms with Gasteiger partial charge in [-0.1, -0.05) is 26.0 Å². The number of H-pyrrole nitrogens is 1. The predicted molar refractivity (Wildman–Crippen MR) is 141 cm³/mol. The van der Waals surface area contributed by atoms with Crippen LogP contribution in [0.25, 0.3) is 0 Å². The molecule has 0 amide bonds. The molecule has 6 N–H and O–H groups in total. The summed E-state index contributed by atoms with van der Waals surface area (Å²) in [6, 6.07) is 5.51. The third kappa shape index (κ3) is 9.79. The molecular weight excluding hydrogens is 647 g/mol. The Kier molecular flexibility index (Phi) is 11.2. The lowest BCUT2D eigenvalue weighted by atomic mass is 10.0. The van der Waals surface area contributed by atoms with Gasteiger partial charge in [-0.15, -0.1) is 0 Å². The predicted octanol–water partition coefficient (Wildman–Crippen LogP) is 1.20. The first-order valence-electron chi connectivity index (χ1n) is 12.1. The van der Waals surface area contributed by atoms with Gasteiger partial charge in [0.2, 0.25) is 0 Å². The molecule has 6 atom stereocenters. The highest BCUT2D eigenvalue weighted by Gasteiger charge is 2.43. The first-order chi connectivity index (χ1) is 19.8. The van der Waals surface area contributed by atoms with Gasteiger partial charge in [-0.25, -0.2) is 18.5 Å². The van der Waals surface area contributed by atoms with Gasteiger partial charge in [0.25, 0.3) is 11.2 Å². The SMILES string of the molecule is CC(C)COC(c1ccccc1[N+](=O)[O-])c1cn([C@H]2C[C@H](O)[C@@H](COP(=O)(O)OP(=O)(O)OP(=O)(O)O)O2)c(=O)[nH]c1=O. The lowest BCUT2D eigenvalue weighted by Crippen LogP contribution is -2.36. The summed E-state index contributed by atoms with van der Waals surface area (Å²) in [7, 11) is -16.9. The lowest BCUT2D eigenvalue weighted by molar-refractivity contribution is -0.386. The van der Waals surface area contributed by atoms with Crippen molar-refractivity contribution in [1.29, 1.82) is 0 Å². The number of nitrogens with one attached hydrogen (secondary N) is 1. The van der Waals surface area contributed by atoms with Crippen LogP contribution >= 0.6 is 23.5 Å². The minimum atomic E-state index is -5.78. The number of aliphatic hydroxyl groups is 1. The molecule has 0 spiro atoms. The molecule has 43 heavy (non-hydrogen) atoms. The van der Waals surface area contributed by atoms with E-state index in [0.29, 0.717) is 0 Å². The number of nitrogens with zero attached hydrogens (tertiary/aromatic N) is 2. The third-order valence-corrected chi connectivity index (χ3v) is 9.42. The van der Waals surface area contributed by atoms with Crippen molar-refractivity contribution in [3.63, 3.8) is 0 Å². The highest BCUT2D eigenvalue weighted by atomic mass is 31.3. The number of hydrogen-bond donors (Lipinski definition) is 6. The van der Waals surface area contributed by atoms with E-state index in [1.54, 1.807) is 13.8 Å². The molecular formula is C20H28N3O17P3. The average molecular weight is 675 g/mol. The summed E-state index contributed by atoms with van der Waals surface area (Å²) in [4.78, 5) is 74.8. The van der Waals surface area contributed by atoms with Crippen LogP contribution in [0, 0.1) is 16.0 Å². The number of phosphoric ester groups is 1. The lowest BCUT2D eigenvalue weighted by Gasteiger charge is -2.22. The van der Waals surface area contributed by atoms with E-state index in [4.69, 9.17) is 19.3 Å². The molecule has 1 aliphatic rings. The molecule has 3 rings (SSSR count). The summed E-state index contributed by atoms with van der Waals surface area (Å²) in [5.41, 5.74) is -2.48. The van der Waals surface area contributed by atoms with Crippen LogP contribution in [0.3, 0.4) is 0 Å². The first kappa shape index (κ1) is 35.1. The van der Waals surface area contributed by atoms with Gasteiger partial charge in [-0.2, -0.15) is 8.62 Å². The van der Waals surface area contributed by atoms with Crippen molar-refractivity contribution >= 4 is 29.2 Å². The van der Waals surface area contributed by atoms with Crippen molar-refractivity contribution in [2.45, 2.75) is 44.8 Å². The van der Waals surface area contributed by atoms with E-state index < -0.39 is 70.8 Å². The first-order valence-corrected chi connectivity index (χ1v) is 16.6. The number of aromatic amines is 1. The van der Waals surface area contributed by atoms with Crippen molar-refractivity contribution in [3.8, 4) is 0 Å². The van der Waals surface area contributed by atoms with Gasteiger partial charge in [0, 0.05) is 18.7 Å². The highest BCUT2D eigenvalue weighted by molar-refractivity contribution is 7.66. The molecule has 2 aromatic rings. The molecule has 0 aliphatic carbocycles. The van der Waals surface area contributed by atoms with Crippen LogP contribution in [0.4, 0.5) is 5.69 Å². The number of hydrogen-bond acceptors (Lipinski definition) is 13. The van der Waals surface area contributed by atoms with Gasteiger partial charge in [0.1, 0.15) is 18.4 Å². The maximum absolute atomic E-state index is 12.9. The van der Waals surface area contributed by atoms with E-state index in [1.165, 1.54) is 24.3 Å². The van der Waals surface area contributed by atoms with Gasteiger partial charge in [-0.05, 0) is 12.0 Å². The average Bonchev–Trinajstić information content (AvgIpc) is 3.21. The second kappa shape index (κ2) is 13.7. The maximum atomic E-state index is 12.9. The third-order valence-electron chi connectivity index (χ3n) is 5.62. The topological polar surface area (TPSA) is 297 Å². The molecule has 20 nitrogen and oxygen atoms in total. The zero-order valence-electron chi connectivity index (χ0n) is 22.3. The van der Waals surface area contributed by atoms with E-state index in [-0.39, 0.29) is 35.8 Å². The molecule has 0 radical (unpaired) electrons. The van der Waals surface area contributed by atoms with Crippen LogP contribution < -0.4 is 11.2 Å². The summed E-state index contributed by atoms with van der Waals surface area (Å²) < 4.78 is 58.2. The molecule has 1 aromatic heterocycles. The number of benzene rings is 1. The standard InChI is InChI=1S/C20H28N3O17P3/c1-11(2)9-36-18(12-5-3-4-6-14(12)23(27)28)13-8-22(20(26)21-19(13)25)17-7-15(24)16(38-17)10-37-42(32,33)40-43(34,35)39-41(29,30)31/h3-6,8,11,15-18,24H,7,9-10H2,1-2H3,(H,32,33)(H,34,35)(H,21,25,26)(H2,29,30,31)/t15-,16+,17+,18?/m0/s1. The maximum Gasteiger partial charge on any atom is 0.490 e. The molecule has 2 heterocycles. The Morgan fingerprint density at radius 2 is 1.74 bits per heavy atom. The van der Waals surface area contributed by atoms with Gasteiger partial charge < -0.3 is 34.2 Å². The molecule has 3 unspecified atom stereocenters. The second-order valence-electron chi connectivity index (χ2n) is 9.49. The van der Waals surface area contributed by atoms with E-state index in [9.17, 15) is 48.3 Å². The van der Waals surface area contributed by atoms with Gasteiger partial charge >= 0.3 is 29.2 Å². The van der Waals surface area contributed by atoms with E-state index in [2.05, 4.69) is 18.1 Å². The van der Waals surface area contributed by atoms with Crippen molar-refractivity contribution in [1.82, 2.24) is 9.55 Å². The summed E-state index contributed by atoms with van der Waals surface area (Å²) in [6.07, 6.45) is -4.91.